The van der Waals surface area contributed by atoms with Gasteiger partial charge < -0.3 is 14.6 Å². The molecule has 0 radical (unpaired) electrons. The van der Waals surface area contributed by atoms with Gasteiger partial charge in [0, 0.05) is 19.8 Å². The lowest BCUT2D eigenvalue weighted by Gasteiger charge is -2.27. The third kappa shape index (κ3) is 2.69. The van der Waals surface area contributed by atoms with Crippen molar-refractivity contribution in [3.63, 3.8) is 0 Å². The molecule has 1 aliphatic heterocycles. The first-order chi connectivity index (χ1) is 7.13. The average Bonchev–Trinajstić information content (AvgIpc) is 2.56. The molecule has 0 aromatic carbocycles. The van der Waals surface area contributed by atoms with Crippen molar-refractivity contribution in [1.29, 1.82) is 0 Å². The number of aliphatic carboxylic acids is 1. The Kier molecular flexibility index (Phi) is 4.54. The molecular weight excluding hydrogens is 196 g/mol. The number of ether oxygens (including phenoxy) is 2. The van der Waals surface area contributed by atoms with E-state index in [4.69, 9.17) is 9.47 Å². The Labute approximate surface area is 90.6 Å². The Bertz CT molecular complexity index is 217. The summed E-state index contributed by atoms with van der Waals surface area (Å²) in [6, 6.07) is 0. The number of hydrogen-bond donors (Lipinski definition) is 1. The number of hydrogen-bond acceptors (Lipinski definition) is 3. The van der Waals surface area contributed by atoms with Crippen LogP contribution in [0.15, 0.2) is 0 Å². The highest BCUT2D eigenvalue weighted by Crippen LogP contribution is 2.38. The molecule has 88 valence electrons. The Balaban J connectivity index is 2.47. The molecule has 4 nitrogen and oxygen atoms in total. The molecule has 15 heavy (non-hydrogen) atoms. The van der Waals surface area contributed by atoms with Crippen LogP contribution in [0.3, 0.4) is 0 Å². The van der Waals surface area contributed by atoms with Crippen molar-refractivity contribution in [3.05, 3.63) is 0 Å². The zero-order valence-electron chi connectivity index (χ0n) is 9.49. The third-order valence-corrected chi connectivity index (χ3v) is 3.16. The van der Waals surface area contributed by atoms with Crippen molar-refractivity contribution in [3.8, 4) is 0 Å². The van der Waals surface area contributed by atoms with Crippen molar-refractivity contribution in [2.45, 2.75) is 39.2 Å². The Morgan fingerprint density at radius 3 is 2.80 bits per heavy atom. The normalized spacial score (nSPS) is 30.7. The molecule has 1 fully saturated rings. The third-order valence-electron chi connectivity index (χ3n) is 3.16. The van der Waals surface area contributed by atoms with Gasteiger partial charge in [0.1, 0.15) is 0 Å². The average molecular weight is 216 g/mol. The minimum atomic E-state index is -0.757. The summed E-state index contributed by atoms with van der Waals surface area (Å²) in [5.74, 6) is -0.757. The molecular formula is C11H20O4. The van der Waals surface area contributed by atoms with E-state index in [1.165, 1.54) is 0 Å². The van der Waals surface area contributed by atoms with Crippen molar-refractivity contribution < 1.29 is 19.4 Å². The topological polar surface area (TPSA) is 55.8 Å². The van der Waals surface area contributed by atoms with E-state index in [1.807, 2.05) is 13.8 Å². The molecule has 2 atom stereocenters. The predicted octanol–water partition coefficient (Wildman–Crippen LogP) is 1.68. The van der Waals surface area contributed by atoms with E-state index in [9.17, 15) is 9.90 Å². The molecule has 0 saturated carbocycles. The lowest BCUT2D eigenvalue weighted by Crippen LogP contribution is -2.38. The van der Waals surface area contributed by atoms with E-state index in [-0.39, 0.29) is 6.10 Å². The van der Waals surface area contributed by atoms with Crippen molar-refractivity contribution in [1.82, 2.24) is 0 Å². The molecule has 0 spiro atoms. The van der Waals surface area contributed by atoms with Gasteiger partial charge in [0.05, 0.1) is 11.5 Å². The van der Waals surface area contributed by atoms with Gasteiger partial charge in [-0.05, 0) is 26.2 Å². The second-order valence-electron chi connectivity index (χ2n) is 4.09. The number of carbonyl (C=O) groups is 1. The van der Waals surface area contributed by atoms with Gasteiger partial charge in [-0.1, -0.05) is 6.92 Å². The van der Waals surface area contributed by atoms with Crippen LogP contribution in [0.1, 0.15) is 33.1 Å². The highest BCUT2D eigenvalue weighted by atomic mass is 16.5. The van der Waals surface area contributed by atoms with Gasteiger partial charge >= 0.3 is 5.97 Å². The number of rotatable bonds is 6. The molecule has 0 aliphatic carbocycles. The van der Waals surface area contributed by atoms with E-state index in [0.29, 0.717) is 32.7 Å². The summed E-state index contributed by atoms with van der Waals surface area (Å²) in [5, 5.41) is 9.26. The van der Waals surface area contributed by atoms with Gasteiger partial charge in [0.2, 0.25) is 0 Å². The number of carboxylic acid groups (broad SMARTS) is 1. The fourth-order valence-electron chi connectivity index (χ4n) is 2.00. The standard InChI is InChI=1S/C11H20O4/c1-3-6-14-7-4-11(10(12)13)5-8-15-9(11)2/h9H,3-8H2,1-2H3,(H,12,13). The van der Waals surface area contributed by atoms with Crippen LogP contribution >= 0.6 is 0 Å². The molecule has 0 aromatic rings. The minimum Gasteiger partial charge on any atom is -0.481 e. The van der Waals surface area contributed by atoms with E-state index < -0.39 is 11.4 Å². The first-order valence-corrected chi connectivity index (χ1v) is 5.56. The molecule has 0 aromatic heterocycles. The fraction of sp³-hybridized carbons (Fsp3) is 0.909. The second-order valence-corrected chi connectivity index (χ2v) is 4.09. The van der Waals surface area contributed by atoms with Crippen LogP contribution in [0.25, 0.3) is 0 Å². The summed E-state index contributed by atoms with van der Waals surface area (Å²) < 4.78 is 10.7. The summed E-state index contributed by atoms with van der Waals surface area (Å²) in [6.45, 7) is 5.62. The molecule has 1 heterocycles. The van der Waals surface area contributed by atoms with Crippen LogP contribution in [-0.4, -0.2) is 37.0 Å². The summed E-state index contributed by atoms with van der Waals surface area (Å²) in [4.78, 5) is 11.3. The van der Waals surface area contributed by atoms with E-state index in [2.05, 4.69) is 0 Å². The fourth-order valence-corrected chi connectivity index (χ4v) is 2.00. The second kappa shape index (κ2) is 5.47. The van der Waals surface area contributed by atoms with Crippen molar-refractivity contribution in [2.24, 2.45) is 5.41 Å². The van der Waals surface area contributed by atoms with Crippen LogP contribution in [0.4, 0.5) is 0 Å². The smallest absolute Gasteiger partial charge is 0.312 e. The van der Waals surface area contributed by atoms with Crippen molar-refractivity contribution in [2.75, 3.05) is 19.8 Å². The Morgan fingerprint density at radius 2 is 2.33 bits per heavy atom. The maximum absolute atomic E-state index is 11.3. The minimum absolute atomic E-state index is 0.208. The van der Waals surface area contributed by atoms with Gasteiger partial charge in [0.25, 0.3) is 0 Å². The van der Waals surface area contributed by atoms with E-state index in [0.717, 1.165) is 6.42 Å². The van der Waals surface area contributed by atoms with Crippen LogP contribution in [-0.2, 0) is 14.3 Å². The predicted molar refractivity (Wildman–Crippen MR) is 55.8 cm³/mol. The first kappa shape index (κ1) is 12.5. The zero-order chi connectivity index (χ0) is 11.3. The molecule has 2 unspecified atom stereocenters. The summed E-state index contributed by atoms with van der Waals surface area (Å²) in [7, 11) is 0. The maximum Gasteiger partial charge on any atom is 0.312 e. The molecule has 1 rings (SSSR count). The molecule has 1 aliphatic rings. The van der Waals surface area contributed by atoms with Gasteiger partial charge in [-0.3, -0.25) is 4.79 Å². The highest BCUT2D eigenvalue weighted by molar-refractivity contribution is 5.75. The molecule has 1 saturated heterocycles. The van der Waals surface area contributed by atoms with Crippen LogP contribution < -0.4 is 0 Å². The zero-order valence-corrected chi connectivity index (χ0v) is 9.49. The molecule has 0 amide bonds. The Morgan fingerprint density at radius 1 is 1.60 bits per heavy atom. The van der Waals surface area contributed by atoms with Crippen molar-refractivity contribution >= 4 is 5.97 Å². The Hall–Kier alpha value is -0.610. The summed E-state index contributed by atoms with van der Waals surface area (Å²) in [5.41, 5.74) is -0.728. The van der Waals surface area contributed by atoms with Crippen LogP contribution in [0, 0.1) is 5.41 Å². The molecule has 0 bridgehead atoms. The molecule has 4 heteroatoms. The highest BCUT2D eigenvalue weighted by Gasteiger charge is 2.47. The quantitative estimate of drug-likeness (QED) is 0.686. The summed E-state index contributed by atoms with van der Waals surface area (Å²) >= 11 is 0. The van der Waals surface area contributed by atoms with Crippen LogP contribution in [0.2, 0.25) is 0 Å². The molecule has 1 N–H and O–H groups in total. The lowest BCUT2D eigenvalue weighted by atomic mass is 9.79. The monoisotopic (exact) mass is 216 g/mol. The maximum atomic E-state index is 11.3. The lowest BCUT2D eigenvalue weighted by molar-refractivity contribution is -0.153. The first-order valence-electron chi connectivity index (χ1n) is 5.56. The SMILES string of the molecule is CCCOCCC1(C(=O)O)CCOC1C. The summed E-state index contributed by atoms with van der Waals surface area (Å²) in [6.07, 6.45) is 1.90. The van der Waals surface area contributed by atoms with Gasteiger partial charge in [-0.25, -0.2) is 0 Å². The largest absolute Gasteiger partial charge is 0.481 e. The van der Waals surface area contributed by atoms with Gasteiger partial charge in [-0.15, -0.1) is 0 Å². The number of carboxylic acids is 1. The van der Waals surface area contributed by atoms with Gasteiger partial charge in [0.15, 0.2) is 0 Å². The van der Waals surface area contributed by atoms with Gasteiger partial charge in [-0.2, -0.15) is 0 Å². The van der Waals surface area contributed by atoms with E-state index >= 15 is 0 Å². The van der Waals surface area contributed by atoms with E-state index in [1.54, 1.807) is 0 Å². The van der Waals surface area contributed by atoms with Crippen LogP contribution in [0.5, 0.6) is 0 Å².